The molecule has 0 saturated carbocycles. The molecule has 10 nitrogen and oxygen atoms in total. The van der Waals surface area contributed by atoms with Crippen LogP contribution in [0.1, 0.15) is 47.6 Å². The Labute approximate surface area is 244 Å². The molecular weight excluding hydrogens is 532 g/mol. The third-order valence-corrected chi connectivity index (χ3v) is 6.84. The molecule has 5 N–H and O–H groups in total. The molecule has 3 aromatic carbocycles. The molecule has 0 radical (unpaired) electrons. The highest BCUT2D eigenvalue weighted by Crippen LogP contribution is 2.20. The zero-order chi connectivity index (χ0) is 30.3. The van der Waals surface area contributed by atoms with Gasteiger partial charge in [-0.05, 0) is 42.2 Å². The van der Waals surface area contributed by atoms with E-state index in [-0.39, 0.29) is 30.0 Å². The molecule has 42 heavy (non-hydrogen) atoms. The van der Waals surface area contributed by atoms with Gasteiger partial charge in [0, 0.05) is 25.1 Å². The molecule has 0 aliphatic rings. The fourth-order valence-corrected chi connectivity index (χ4v) is 4.53. The Hall–Kier alpha value is -4.67. The van der Waals surface area contributed by atoms with E-state index in [9.17, 15) is 14.4 Å². The molecule has 1 heterocycles. The van der Waals surface area contributed by atoms with Gasteiger partial charge in [-0.25, -0.2) is 0 Å². The van der Waals surface area contributed by atoms with Crippen LogP contribution < -0.4 is 16.8 Å². The Morgan fingerprint density at radius 2 is 1.64 bits per heavy atom. The van der Waals surface area contributed by atoms with Crippen molar-refractivity contribution < 1.29 is 18.8 Å². The summed E-state index contributed by atoms with van der Waals surface area (Å²) >= 11 is 0. The molecule has 0 aliphatic carbocycles. The van der Waals surface area contributed by atoms with E-state index in [4.69, 9.17) is 15.9 Å². The Morgan fingerprint density at radius 3 is 2.31 bits per heavy atom. The first kappa shape index (κ1) is 30.3. The fourth-order valence-electron chi connectivity index (χ4n) is 4.53. The number of hydrogen-bond donors (Lipinski definition) is 3. The minimum absolute atomic E-state index is 0.103. The van der Waals surface area contributed by atoms with Crippen LogP contribution in [-0.4, -0.2) is 57.9 Å². The summed E-state index contributed by atoms with van der Waals surface area (Å²) in [5.41, 5.74) is 12.5. The number of carbonyl (C=O) groups is 3. The van der Waals surface area contributed by atoms with Crippen molar-refractivity contribution in [2.45, 2.75) is 44.3 Å². The van der Waals surface area contributed by atoms with E-state index < -0.39 is 23.5 Å². The van der Waals surface area contributed by atoms with Gasteiger partial charge in [-0.2, -0.15) is 0 Å². The summed E-state index contributed by atoms with van der Waals surface area (Å²) in [4.78, 5) is 40.0. The van der Waals surface area contributed by atoms with Gasteiger partial charge >= 0.3 is 11.8 Å². The van der Waals surface area contributed by atoms with Crippen LogP contribution in [-0.2, 0) is 22.4 Å². The molecule has 0 bridgehead atoms. The second-order valence-electron chi connectivity index (χ2n) is 10.9. The number of hydrogen-bond acceptors (Lipinski definition) is 8. The van der Waals surface area contributed by atoms with Gasteiger partial charge in [0.15, 0.2) is 5.78 Å². The number of nitrogens with two attached hydrogens (primary N) is 2. The normalized spacial score (nSPS) is 13.2. The number of nitrogens with zero attached hydrogens (tertiary/aromatic N) is 3. The van der Waals surface area contributed by atoms with Gasteiger partial charge in [0.25, 0.3) is 0 Å². The van der Waals surface area contributed by atoms with Crippen LogP contribution in [0.3, 0.4) is 0 Å². The number of likely N-dealkylation sites (N-methyl/N-ethyl adjacent to an activating group) is 1. The maximum Gasteiger partial charge on any atom is 0.306 e. The Bertz CT molecular complexity index is 1570. The molecule has 10 heteroatoms. The molecule has 4 rings (SSSR count). The topological polar surface area (TPSA) is 157 Å². The summed E-state index contributed by atoms with van der Waals surface area (Å²) in [6.07, 6.45) is 3.73. The SMILES string of the molecule is CN(C(=O)/C=C/C(C)(C)N)[C@H](Cc1ccc2ccccc2c1)C(=O)CN[C@H](Cc1ccccc1)c1nnc(C(N)=O)o1. The number of benzene rings is 3. The van der Waals surface area contributed by atoms with E-state index >= 15 is 0 Å². The van der Waals surface area contributed by atoms with E-state index in [0.717, 1.165) is 21.9 Å². The van der Waals surface area contributed by atoms with Gasteiger partial charge < -0.3 is 20.8 Å². The second kappa shape index (κ2) is 13.3. The zero-order valence-corrected chi connectivity index (χ0v) is 24.0. The number of Topliss-reactive ketones (excluding diaryl/α,β-unsaturated/α-hetero) is 1. The second-order valence-corrected chi connectivity index (χ2v) is 10.9. The smallest absolute Gasteiger partial charge is 0.306 e. The van der Waals surface area contributed by atoms with Crippen LogP contribution in [0.4, 0.5) is 0 Å². The number of rotatable bonds is 13. The van der Waals surface area contributed by atoms with Crippen molar-refractivity contribution in [2.75, 3.05) is 13.6 Å². The standard InChI is InChI=1S/C32H36N6O4/c1-32(2,34)16-15-28(40)38(3)26(19-22-13-14-23-11-7-8-12-24(23)17-22)27(39)20-35-25(18-21-9-5-4-6-10-21)30-36-37-31(42-30)29(33)41/h4-17,25-26,35H,18-20,34H2,1-3H3,(H2,33,41)/b16-15+/t25-,26-/m1/s1. The van der Waals surface area contributed by atoms with Gasteiger partial charge in [0.2, 0.25) is 11.8 Å². The van der Waals surface area contributed by atoms with Gasteiger partial charge in [-0.3, -0.25) is 19.7 Å². The van der Waals surface area contributed by atoms with Crippen molar-refractivity contribution in [3.8, 4) is 0 Å². The molecule has 0 aliphatic heterocycles. The van der Waals surface area contributed by atoms with Crippen molar-refractivity contribution >= 4 is 28.4 Å². The molecule has 4 aromatic rings. The van der Waals surface area contributed by atoms with Crippen LogP contribution in [0.2, 0.25) is 0 Å². The summed E-state index contributed by atoms with van der Waals surface area (Å²) in [5, 5.41) is 13.1. The predicted octanol–water partition coefficient (Wildman–Crippen LogP) is 3.13. The summed E-state index contributed by atoms with van der Waals surface area (Å²) < 4.78 is 5.50. The van der Waals surface area contributed by atoms with Crippen LogP contribution in [0.25, 0.3) is 10.8 Å². The fraction of sp³-hybridized carbons (Fsp3) is 0.281. The highest BCUT2D eigenvalue weighted by molar-refractivity contribution is 5.94. The third kappa shape index (κ3) is 8.18. The number of nitrogens with one attached hydrogen (secondary N) is 1. The maximum atomic E-state index is 13.8. The van der Waals surface area contributed by atoms with Crippen molar-refractivity contribution in [1.82, 2.24) is 20.4 Å². The van der Waals surface area contributed by atoms with E-state index in [1.165, 1.54) is 11.0 Å². The monoisotopic (exact) mass is 568 g/mol. The lowest BCUT2D eigenvalue weighted by atomic mass is 9.97. The predicted molar refractivity (Wildman–Crippen MR) is 160 cm³/mol. The van der Waals surface area contributed by atoms with Gasteiger partial charge in [0.05, 0.1) is 18.6 Å². The van der Waals surface area contributed by atoms with E-state index in [1.54, 1.807) is 27.0 Å². The average Bonchev–Trinajstić information content (AvgIpc) is 3.47. The van der Waals surface area contributed by atoms with Crippen molar-refractivity contribution in [2.24, 2.45) is 11.5 Å². The third-order valence-electron chi connectivity index (χ3n) is 6.84. The highest BCUT2D eigenvalue weighted by atomic mass is 16.4. The number of aromatic nitrogens is 2. The largest absolute Gasteiger partial charge is 0.415 e. The Morgan fingerprint density at radius 1 is 0.952 bits per heavy atom. The minimum atomic E-state index is -0.840. The minimum Gasteiger partial charge on any atom is -0.415 e. The molecule has 0 fully saturated rings. The lowest BCUT2D eigenvalue weighted by molar-refractivity contribution is -0.134. The molecule has 1 aromatic heterocycles. The lowest BCUT2D eigenvalue weighted by Crippen LogP contribution is -2.47. The molecule has 2 amide bonds. The zero-order valence-electron chi connectivity index (χ0n) is 24.0. The summed E-state index contributed by atoms with van der Waals surface area (Å²) in [6, 6.07) is 22.2. The summed E-state index contributed by atoms with van der Waals surface area (Å²) in [5.74, 6) is -1.58. The summed E-state index contributed by atoms with van der Waals surface area (Å²) in [7, 11) is 1.61. The molecule has 218 valence electrons. The maximum absolute atomic E-state index is 13.8. The first-order valence-electron chi connectivity index (χ1n) is 13.7. The number of amides is 2. The van der Waals surface area contributed by atoms with Crippen LogP contribution >= 0.6 is 0 Å². The van der Waals surface area contributed by atoms with Crippen LogP contribution in [0.15, 0.2) is 89.4 Å². The number of primary amides is 1. The highest BCUT2D eigenvalue weighted by Gasteiger charge is 2.28. The van der Waals surface area contributed by atoms with Gasteiger partial charge in [0.1, 0.15) is 0 Å². The molecule has 0 saturated heterocycles. The number of ketones is 1. The van der Waals surface area contributed by atoms with Crippen molar-refractivity contribution in [1.29, 1.82) is 0 Å². The molecule has 2 atom stereocenters. The van der Waals surface area contributed by atoms with E-state index in [1.807, 2.05) is 72.8 Å². The first-order valence-corrected chi connectivity index (χ1v) is 13.7. The quantitative estimate of drug-likeness (QED) is 0.208. The Balaban J connectivity index is 1.58. The molecule has 0 unspecified atom stereocenters. The lowest BCUT2D eigenvalue weighted by Gasteiger charge is -2.28. The van der Waals surface area contributed by atoms with E-state index in [2.05, 4.69) is 15.5 Å². The first-order chi connectivity index (χ1) is 20.0. The number of fused-ring (bicyclic) bond motifs is 1. The average molecular weight is 569 g/mol. The number of carbonyl (C=O) groups excluding carboxylic acids is 3. The van der Waals surface area contributed by atoms with Gasteiger partial charge in [-0.15, -0.1) is 10.2 Å². The van der Waals surface area contributed by atoms with Crippen LogP contribution in [0, 0.1) is 0 Å². The molecule has 0 spiro atoms. The van der Waals surface area contributed by atoms with Crippen molar-refractivity contribution in [3.63, 3.8) is 0 Å². The molecular formula is C32H36N6O4. The van der Waals surface area contributed by atoms with Crippen LogP contribution in [0.5, 0.6) is 0 Å². The van der Waals surface area contributed by atoms with Crippen molar-refractivity contribution in [3.05, 3.63) is 108 Å². The Kier molecular flexibility index (Phi) is 9.61. The van der Waals surface area contributed by atoms with E-state index in [0.29, 0.717) is 12.8 Å². The van der Waals surface area contributed by atoms with Gasteiger partial charge in [-0.1, -0.05) is 78.9 Å². The summed E-state index contributed by atoms with van der Waals surface area (Å²) in [6.45, 7) is 3.46.